The number of hydrogen-bond donors (Lipinski definition) is 3. The number of hydrogen-bond acceptors (Lipinski definition) is 4. The first kappa shape index (κ1) is 15.9. The molecule has 1 aromatic rings. The lowest BCUT2D eigenvalue weighted by Gasteiger charge is -2.16. The fourth-order valence-corrected chi connectivity index (χ4v) is 1.72. The summed E-state index contributed by atoms with van der Waals surface area (Å²) < 4.78 is 1.76. The summed E-state index contributed by atoms with van der Waals surface area (Å²) in [6.07, 6.45) is 2.51. The van der Waals surface area contributed by atoms with E-state index in [9.17, 15) is 9.59 Å². The van der Waals surface area contributed by atoms with Crippen LogP contribution in [0.5, 0.6) is 0 Å². The van der Waals surface area contributed by atoms with Crippen molar-refractivity contribution in [2.75, 3.05) is 6.54 Å². The van der Waals surface area contributed by atoms with Gasteiger partial charge in [-0.1, -0.05) is 13.8 Å². The van der Waals surface area contributed by atoms with E-state index in [1.54, 1.807) is 10.9 Å². The number of aromatic nitrogens is 3. The first-order valence-corrected chi connectivity index (χ1v) is 6.50. The smallest absolute Gasteiger partial charge is 0.326 e. The number of carboxylic acid groups (broad SMARTS) is 1. The summed E-state index contributed by atoms with van der Waals surface area (Å²) in [6, 6.07) is -1.36. The van der Waals surface area contributed by atoms with Gasteiger partial charge in [0.2, 0.25) is 0 Å². The topological polar surface area (TPSA) is 109 Å². The SMILES string of the molecule is CC(C)C[C@H](NC(=O)NCCc1nncn1C)C(=O)O. The van der Waals surface area contributed by atoms with Gasteiger partial charge in [-0.15, -0.1) is 10.2 Å². The molecule has 3 N–H and O–H groups in total. The Balaban J connectivity index is 2.35. The summed E-state index contributed by atoms with van der Waals surface area (Å²) in [6.45, 7) is 4.18. The van der Waals surface area contributed by atoms with Crippen LogP contribution in [-0.4, -0.2) is 44.5 Å². The van der Waals surface area contributed by atoms with E-state index < -0.39 is 18.0 Å². The van der Waals surface area contributed by atoms with Gasteiger partial charge in [-0.25, -0.2) is 9.59 Å². The Morgan fingerprint density at radius 1 is 1.45 bits per heavy atom. The zero-order chi connectivity index (χ0) is 15.1. The highest BCUT2D eigenvalue weighted by Crippen LogP contribution is 2.04. The highest BCUT2D eigenvalue weighted by atomic mass is 16.4. The molecule has 0 fully saturated rings. The number of rotatable bonds is 7. The van der Waals surface area contributed by atoms with E-state index in [2.05, 4.69) is 20.8 Å². The Morgan fingerprint density at radius 3 is 2.65 bits per heavy atom. The van der Waals surface area contributed by atoms with Crippen molar-refractivity contribution in [3.63, 3.8) is 0 Å². The van der Waals surface area contributed by atoms with Crippen molar-refractivity contribution >= 4 is 12.0 Å². The number of urea groups is 1. The summed E-state index contributed by atoms with van der Waals surface area (Å²) in [7, 11) is 1.82. The lowest BCUT2D eigenvalue weighted by Crippen LogP contribution is -2.47. The minimum atomic E-state index is -1.03. The highest BCUT2D eigenvalue weighted by Gasteiger charge is 2.20. The van der Waals surface area contributed by atoms with E-state index >= 15 is 0 Å². The molecule has 0 aliphatic carbocycles. The number of amides is 2. The van der Waals surface area contributed by atoms with Crippen molar-refractivity contribution in [2.24, 2.45) is 13.0 Å². The molecule has 1 atom stereocenters. The van der Waals surface area contributed by atoms with Crippen molar-refractivity contribution in [1.82, 2.24) is 25.4 Å². The van der Waals surface area contributed by atoms with Gasteiger partial charge in [0.05, 0.1) is 0 Å². The molecule has 0 aliphatic heterocycles. The molecule has 20 heavy (non-hydrogen) atoms. The van der Waals surface area contributed by atoms with Crippen LogP contribution in [0.3, 0.4) is 0 Å². The molecule has 8 heteroatoms. The minimum absolute atomic E-state index is 0.190. The van der Waals surface area contributed by atoms with Gasteiger partial charge in [-0.05, 0) is 12.3 Å². The standard InChI is InChI=1S/C12H21N5O3/c1-8(2)6-9(11(18)19)15-12(20)13-5-4-10-16-14-7-17(10)3/h7-9H,4-6H2,1-3H3,(H,18,19)(H2,13,15,20)/t9-/m0/s1. The second-order valence-electron chi connectivity index (χ2n) is 5.03. The number of aliphatic carboxylic acids is 1. The van der Waals surface area contributed by atoms with Gasteiger partial charge in [0.1, 0.15) is 18.2 Å². The van der Waals surface area contributed by atoms with Crippen LogP contribution in [0.15, 0.2) is 6.33 Å². The molecule has 1 heterocycles. The zero-order valence-corrected chi connectivity index (χ0v) is 12.0. The van der Waals surface area contributed by atoms with Crippen molar-refractivity contribution in [3.05, 3.63) is 12.2 Å². The molecule has 0 aromatic carbocycles. The van der Waals surface area contributed by atoms with Crippen LogP contribution in [0.2, 0.25) is 0 Å². The third kappa shape index (κ3) is 5.25. The summed E-state index contributed by atoms with van der Waals surface area (Å²) >= 11 is 0. The number of carbonyl (C=O) groups is 2. The van der Waals surface area contributed by atoms with Gasteiger partial charge in [-0.2, -0.15) is 0 Å². The number of aryl methyl sites for hydroxylation is 1. The lowest BCUT2D eigenvalue weighted by atomic mass is 10.0. The second kappa shape index (κ2) is 7.46. The van der Waals surface area contributed by atoms with Crippen molar-refractivity contribution in [1.29, 1.82) is 0 Å². The van der Waals surface area contributed by atoms with Gasteiger partial charge in [0.25, 0.3) is 0 Å². The van der Waals surface area contributed by atoms with Crippen LogP contribution >= 0.6 is 0 Å². The fourth-order valence-electron chi connectivity index (χ4n) is 1.72. The van der Waals surface area contributed by atoms with Crippen LogP contribution in [0.25, 0.3) is 0 Å². The van der Waals surface area contributed by atoms with Crippen molar-refractivity contribution in [3.8, 4) is 0 Å². The Bertz CT molecular complexity index is 458. The maximum Gasteiger partial charge on any atom is 0.326 e. The molecular formula is C12H21N5O3. The Kier molecular flexibility index (Phi) is 5.95. The highest BCUT2D eigenvalue weighted by molar-refractivity contribution is 5.82. The Hall–Kier alpha value is -2.12. The van der Waals surface area contributed by atoms with Gasteiger partial charge < -0.3 is 20.3 Å². The quantitative estimate of drug-likeness (QED) is 0.660. The lowest BCUT2D eigenvalue weighted by molar-refractivity contribution is -0.139. The first-order valence-electron chi connectivity index (χ1n) is 6.50. The molecule has 0 aliphatic rings. The molecule has 0 saturated carbocycles. The molecule has 0 unspecified atom stereocenters. The average molecular weight is 283 g/mol. The Morgan fingerprint density at radius 2 is 2.15 bits per heavy atom. The molecule has 0 saturated heterocycles. The number of nitrogens with one attached hydrogen (secondary N) is 2. The summed E-state index contributed by atoms with van der Waals surface area (Å²) in [5.41, 5.74) is 0. The van der Waals surface area contributed by atoms with E-state index in [0.29, 0.717) is 19.4 Å². The van der Waals surface area contributed by atoms with Crippen LogP contribution in [0.1, 0.15) is 26.1 Å². The molecule has 8 nitrogen and oxygen atoms in total. The van der Waals surface area contributed by atoms with E-state index in [1.165, 1.54) is 0 Å². The van der Waals surface area contributed by atoms with Crippen LogP contribution in [-0.2, 0) is 18.3 Å². The predicted molar refractivity (Wildman–Crippen MR) is 72.1 cm³/mol. The maximum absolute atomic E-state index is 11.6. The third-order valence-electron chi connectivity index (χ3n) is 2.75. The van der Waals surface area contributed by atoms with Gasteiger partial charge in [-0.3, -0.25) is 0 Å². The number of carbonyl (C=O) groups excluding carboxylic acids is 1. The minimum Gasteiger partial charge on any atom is -0.480 e. The number of nitrogens with zero attached hydrogens (tertiary/aromatic N) is 3. The second-order valence-corrected chi connectivity index (χ2v) is 5.03. The van der Waals surface area contributed by atoms with E-state index in [4.69, 9.17) is 5.11 Å². The zero-order valence-electron chi connectivity index (χ0n) is 12.0. The molecule has 0 bridgehead atoms. The summed E-state index contributed by atoms with van der Waals surface area (Å²) in [4.78, 5) is 22.6. The van der Waals surface area contributed by atoms with Crippen molar-refractivity contribution in [2.45, 2.75) is 32.7 Å². The number of carboxylic acids is 1. The molecule has 112 valence electrons. The first-order chi connectivity index (χ1) is 9.40. The van der Waals surface area contributed by atoms with Crippen molar-refractivity contribution < 1.29 is 14.7 Å². The van der Waals surface area contributed by atoms with E-state index in [-0.39, 0.29) is 5.92 Å². The molecule has 0 spiro atoms. The molecule has 2 amide bonds. The van der Waals surface area contributed by atoms with Crippen LogP contribution in [0, 0.1) is 5.92 Å². The normalized spacial score (nSPS) is 12.2. The third-order valence-corrected chi connectivity index (χ3v) is 2.75. The molecule has 1 aromatic heterocycles. The van der Waals surface area contributed by atoms with E-state index in [0.717, 1.165) is 5.82 Å². The predicted octanol–water partition coefficient (Wildman–Crippen LogP) is 0.156. The molecular weight excluding hydrogens is 262 g/mol. The summed E-state index contributed by atoms with van der Waals surface area (Å²) in [5.74, 6) is -0.0838. The average Bonchev–Trinajstić information content (AvgIpc) is 2.73. The van der Waals surface area contributed by atoms with Gasteiger partial charge >= 0.3 is 12.0 Å². The van der Waals surface area contributed by atoms with Crippen LogP contribution < -0.4 is 10.6 Å². The Labute approximate surface area is 117 Å². The van der Waals surface area contributed by atoms with Gasteiger partial charge in [0, 0.05) is 20.0 Å². The molecule has 0 radical (unpaired) electrons. The summed E-state index contributed by atoms with van der Waals surface area (Å²) in [5, 5.41) is 21.7. The largest absolute Gasteiger partial charge is 0.480 e. The molecule has 1 rings (SSSR count). The van der Waals surface area contributed by atoms with Crippen LogP contribution in [0.4, 0.5) is 4.79 Å². The fraction of sp³-hybridized carbons (Fsp3) is 0.667. The monoisotopic (exact) mass is 283 g/mol. The maximum atomic E-state index is 11.6. The van der Waals surface area contributed by atoms with Gasteiger partial charge in [0.15, 0.2) is 0 Å². The van der Waals surface area contributed by atoms with E-state index in [1.807, 2.05) is 20.9 Å².